The Balaban J connectivity index is 2.45. The van der Waals surface area contributed by atoms with Crippen molar-refractivity contribution in [2.75, 3.05) is 6.61 Å². The van der Waals surface area contributed by atoms with Crippen LogP contribution in [0.3, 0.4) is 0 Å². The fraction of sp³-hybridized carbons (Fsp3) is 0.333. The Morgan fingerprint density at radius 3 is 2.71 bits per heavy atom. The van der Waals surface area contributed by atoms with E-state index < -0.39 is 11.9 Å². The molecule has 0 aliphatic heterocycles. The maximum Gasteiger partial charge on any atom is 0.431 e. The number of rotatable bonds is 3. The van der Waals surface area contributed by atoms with Gasteiger partial charge in [0.2, 0.25) is 0 Å². The van der Waals surface area contributed by atoms with E-state index in [0.29, 0.717) is 23.3 Å². The molecule has 0 fully saturated rings. The molecule has 0 unspecified atom stereocenters. The number of aromatic amines is 1. The van der Waals surface area contributed by atoms with Crippen LogP contribution in [0.15, 0.2) is 24.3 Å². The van der Waals surface area contributed by atoms with Crippen LogP contribution in [0, 0.1) is 0 Å². The summed E-state index contributed by atoms with van der Waals surface area (Å²) in [6, 6.07) is 6.03. The number of hydrogen-bond acceptors (Lipinski definition) is 1. The number of hydrogen-bond donors (Lipinski definition) is 1. The topological polar surface area (TPSA) is 25.0 Å². The second-order valence-corrected chi connectivity index (χ2v) is 3.75. The molecule has 0 spiro atoms. The highest BCUT2D eigenvalue weighted by molar-refractivity contribution is 5.86. The molecule has 1 aromatic heterocycles. The Labute approximate surface area is 96.4 Å². The van der Waals surface area contributed by atoms with Gasteiger partial charge in [-0.05, 0) is 24.6 Å². The number of halogens is 3. The van der Waals surface area contributed by atoms with Crippen molar-refractivity contribution in [3.63, 3.8) is 0 Å². The van der Waals surface area contributed by atoms with Crippen molar-refractivity contribution in [1.29, 1.82) is 0 Å². The van der Waals surface area contributed by atoms with E-state index in [-0.39, 0.29) is 0 Å². The molecule has 2 aromatic rings. The Kier molecular flexibility index (Phi) is 3.00. The highest BCUT2D eigenvalue weighted by atomic mass is 19.4. The van der Waals surface area contributed by atoms with Crippen molar-refractivity contribution >= 4 is 10.9 Å². The second kappa shape index (κ2) is 4.31. The van der Waals surface area contributed by atoms with Crippen LogP contribution in [-0.2, 0) is 6.18 Å². The molecule has 0 saturated heterocycles. The zero-order valence-electron chi connectivity index (χ0n) is 9.27. The molecule has 0 radical (unpaired) electrons. The fourth-order valence-electron chi connectivity index (χ4n) is 1.62. The molecule has 5 heteroatoms. The molecule has 0 bridgehead atoms. The minimum atomic E-state index is -4.36. The Morgan fingerprint density at radius 2 is 2.06 bits per heavy atom. The molecule has 0 aliphatic rings. The van der Waals surface area contributed by atoms with Gasteiger partial charge in [0, 0.05) is 10.9 Å². The second-order valence-electron chi connectivity index (χ2n) is 3.75. The highest BCUT2D eigenvalue weighted by Gasteiger charge is 2.32. The summed E-state index contributed by atoms with van der Waals surface area (Å²) in [6.45, 7) is 2.43. The molecule has 17 heavy (non-hydrogen) atoms. The molecule has 92 valence electrons. The minimum absolute atomic E-state index is 0.436. The van der Waals surface area contributed by atoms with E-state index in [1.165, 1.54) is 0 Å². The lowest BCUT2D eigenvalue weighted by Gasteiger charge is -2.04. The van der Waals surface area contributed by atoms with Gasteiger partial charge < -0.3 is 9.72 Å². The summed E-state index contributed by atoms with van der Waals surface area (Å²) in [5.41, 5.74) is -0.314. The summed E-state index contributed by atoms with van der Waals surface area (Å²) in [7, 11) is 0. The summed E-state index contributed by atoms with van der Waals surface area (Å²) < 4.78 is 43.0. The molecule has 1 aromatic carbocycles. The molecule has 0 atom stereocenters. The molecule has 1 N–H and O–H groups in total. The quantitative estimate of drug-likeness (QED) is 0.866. The monoisotopic (exact) mass is 243 g/mol. The summed E-state index contributed by atoms with van der Waals surface area (Å²) >= 11 is 0. The summed E-state index contributed by atoms with van der Waals surface area (Å²) in [5.74, 6) is 0.483. The van der Waals surface area contributed by atoms with E-state index in [1.807, 2.05) is 6.92 Å². The zero-order chi connectivity index (χ0) is 12.5. The number of fused-ring (bicyclic) bond motifs is 1. The Hall–Kier alpha value is -1.65. The number of ether oxygens (including phenoxy) is 1. The lowest BCUT2D eigenvalue weighted by molar-refractivity contribution is -0.140. The number of alkyl halides is 3. The van der Waals surface area contributed by atoms with Crippen LogP contribution < -0.4 is 4.74 Å². The van der Waals surface area contributed by atoms with Crippen LogP contribution >= 0.6 is 0 Å². The molecular weight excluding hydrogens is 231 g/mol. The van der Waals surface area contributed by atoms with Crippen LogP contribution in [0.2, 0.25) is 0 Å². The molecule has 0 aliphatic carbocycles. The van der Waals surface area contributed by atoms with E-state index in [1.54, 1.807) is 18.2 Å². The van der Waals surface area contributed by atoms with Gasteiger partial charge in [-0.2, -0.15) is 13.2 Å². The number of aromatic nitrogens is 1. The van der Waals surface area contributed by atoms with E-state index in [9.17, 15) is 13.2 Å². The third kappa shape index (κ3) is 2.38. The average molecular weight is 243 g/mol. The first-order valence-corrected chi connectivity index (χ1v) is 5.34. The van der Waals surface area contributed by atoms with Gasteiger partial charge >= 0.3 is 6.18 Å². The lowest BCUT2D eigenvalue weighted by atomic mass is 10.2. The van der Waals surface area contributed by atoms with Crippen LogP contribution in [0.25, 0.3) is 10.9 Å². The van der Waals surface area contributed by atoms with Gasteiger partial charge in [-0.15, -0.1) is 0 Å². The van der Waals surface area contributed by atoms with Crippen LogP contribution in [0.1, 0.15) is 19.0 Å². The van der Waals surface area contributed by atoms with Crippen molar-refractivity contribution in [2.24, 2.45) is 0 Å². The van der Waals surface area contributed by atoms with E-state index in [4.69, 9.17) is 4.74 Å². The van der Waals surface area contributed by atoms with Gasteiger partial charge in [-0.1, -0.05) is 13.0 Å². The maximum atomic E-state index is 12.5. The number of nitrogens with one attached hydrogen (secondary N) is 1. The van der Waals surface area contributed by atoms with Crippen LogP contribution in [0.4, 0.5) is 13.2 Å². The van der Waals surface area contributed by atoms with Crippen molar-refractivity contribution < 1.29 is 17.9 Å². The lowest BCUT2D eigenvalue weighted by Crippen LogP contribution is -2.04. The predicted octanol–water partition coefficient (Wildman–Crippen LogP) is 3.98. The van der Waals surface area contributed by atoms with E-state index >= 15 is 0 Å². The van der Waals surface area contributed by atoms with Gasteiger partial charge in [-0.25, -0.2) is 0 Å². The van der Waals surface area contributed by atoms with Gasteiger partial charge in [-0.3, -0.25) is 0 Å². The van der Waals surface area contributed by atoms with E-state index in [2.05, 4.69) is 4.98 Å². The van der Waals surface area contributed by atoms with Gasteiger partial charge in [0.05, 0.1) is 6.61 Å². The van der Waals surface area contributed by atoms with Crippen molar-refractivity contribution in [2.45, 2.75) is 19.5 Å². The molecular formula is C12H12F3NO. The smallest absolute Gasteiger partial charge is 0.431 e. The molecule has 2 rings (SSSR count). The first kappa shape index (κ1) is 11.8. The minimum Gasteiger partial charge on any atom is -0.493 e. The maximum absolute atomic E-state index is 12.5. The summed E-state index contributed by atoms with van der Waals surface area (Å²) in [4.78, 5) is 2.35. The molecule has 1 heterocycles. The van der Waals surface area contributed by atoms with Gasteiger partial charge in [0.15, 0.2) is 0 Å². The molecule has 0 amide bonds. The van der Waals surface area contributed by atoms with Gasteiger partial charge in [0.1, 0.15) is 11.4 Å². The molecule has 0 saturated carbocycles. The van der Waals surface area contributed by atoms with Crippen LogP contribution in [0.5, 0.6) is 5.75 Å². The summed E-state index contributed by atoms with van der Waals surface area (Å²) in [5, 5.41) is 0.466. The predicted molar refractivity (Wildman–Crippen MR) is 59.1 cm³/mol. The summed E-state index contributed by atoms with van der Waals surface area (Å²) in [6.07, 6.45) is -3.55. The Bertz CT molecular complexity index is 516. The van der Waals surface area contributed by atoms with E-state index in [0.717, 1.165) is 12.5 Å². The first-order valence-electron chi connectivity index (χ1n) is 5.34. The standard InChI is InChI=1S/C12H12F3NO/c1-2-6-17-10-5-3-4-9-8(10)7-11(16-9)12(13,14)15/h3-5,7,16H,2,6H2,1H3. The van der Waals surface area contributed by atoms with Crippen LogP contribution in [-0.4, -0.2) is 11.6 Å². The zero-order valence-corrected chi connectivity index (χ0v) is 9.27. The first-order chi connectivity index (χ1) is 8.02. The number of benzene rings is 1. The van der Waals surface area contributed by atoms with Crippen molar-refractivity contribution in [1.82, 2.24) is 4.98 Å². The largest absolute Gasteiger partial charge is 0.493 e. The Morgan fingerprint density at radius 1 is 1.29 bits per heavy atom. The highest BCUT2D eigenvalue weighted by Crippen LogP contribution is 2.34. The van der Waals surface area contributed by atoms with Crippen molar-refractivity contribution in [3.8, 4) is 5.75 Å². The SMILES string of the molecule is CCCOc1cccc2[nH]c(C(F)(F)F)cc12. The van der Waals surface area contributed by atoms with Crippen molar-refractivity contribution in [3.05, 3.63) is 30.0 Å². The van der Waals surface area contributed by atoms with Gasteiger partial charge in [0.25, 0.3) is 0 Å². The molecule has 2 nitrogen and oxygen atoms in total. The third-order valence-corrected chi connectivity index (χ3v) is 2.39. The fourth-order valence-corrected chi connectivity index (χ4v) is 1.62. The average Bonchev–Trinajstić information content (AvgIpc) is 2.70. The normalized spacial score (nSPS) is 12.0. The number of H-pyrrole nitrogens is 1. The third-order valence-electron chi connectivity index (χ3n) is 2.39.